The summed E-state index contributed by atoms with van der Waals surface area (Å²) < 4.78 is 1.56. The molecule has 0 bridgehead atoms. The average molecular weight is 313 g/mol. The summed E-state index contributed by atoms with van der Waals surface area (Å²) in [5.74, 6) is 0.431. The van der Waals surface area contributed by atoms with Crippen LogP contribution < -0.4 is 5.32 Å². The molecule has 1 amide bonds. The molecule has 0 saturated heterocycles. The van der Waals surface area contributed by atoms with Gasteiger partial charge in [-0.3, -0.25) is 4.79 Å². The Balaban J connectivity index is 1.56. The Morgan fingerprint density at radius 1 is 1.36 bits per heavy atom. The van der Waals surface area contributed by atoms with Gasteiger partial charge in [-0.2, -0.15) is 5.10 Å². The Bertz CT molecular complexity index is 749. The fourth-order valence-electron chi connectivity index (χ4n) is 2.00. The highest BCUT2D eigenvalue weighted by molar-refractivity contribution is 7.10. The number of thiophene rings is 1. The van der Waals surface area contributed by atoms with Gasteiger partial charge in [-0.1, -0.05) is 0 Å². The first-order valence-electron chi connectivity index (χ1n) is 6.87. The third-order valence-corrected chi connectivity index (χ3v) is 4.26. The summed E-state index contributed by atoms with van der Waals surface area (Å²) in [6.07, 6.45) is 7.78. The van der Waals surface area contributed by atoms with Crippen molar-refractivity contribution in [3.8, 4) is 5.95 Å². The Morgan fingerprint density at radius 3 is 2.82 bits per heavy atom. The van der Waals surface area contributed by atoms with Crippen molar-refractivity contribution in [2.75, 3.05) is 5.32 Å². The Hall–Kier alpha value is -2.54. The van der Waals surface area contributed by atoms with Gasteiger partial charge in [0.25, 0.3) is 5.95 Å². The molecule has 3 heterocycles. The molecule has 0 fully saturated rings. The first-order chi connectivity index (χ1) is 10.7. The van der Waals surface area contributed by atoms with Crippen molar-refractivity contribution in [2.45, 2.75) is 19.8 Å². The van der Waals surface area contributed by atoms with Crippen LogP contribution >= 0.6 is 11.3 Å². The van der Waals surface area contributed by atoms with Gasteiger partial charge in [-0.25, -0.2) is 14.6 Å². The van der Waals surface area contributed by atoms with Crippen molar-refractivity contribution in [3.05, 3.63) is 52.7 Å². The van der Waals surface area contributed by atoms with E-state index in [0.29, 0.717) is 18.1 Å². The van der Waals surface area contributed by atoms with Crippen LogP contribution in [0.15, 0.2) is 42.3 Å². The molecule has 6 nitrogen and oxygen atoms in total. The molecule has 22 heavy (non-hydrogen) atoms. The summed E-state index contributed by atoms with van der Waals surface area (Å²) >= 11 is 1.68. The molecule has 1 N–H and O–H groups in total. The van der Waals surface area contributed by atoms with E-state index in [2.05, 4.69) is 33.4 Å². The van der Waals surface area contributed by atoms with Crippen molar-refractivity contribution < 1.29 is 4.79 Å². The zero-order valence-corrected chi connectivity index (χ0v) is 12.9. The third kappa shape index (κ3) is 3.37. The number of aromatic nitrogens is 4. The summed E-state index contributed by atoms with van der Waals surface area (Å²) in [5.41, 5.74) is 1.83. The highest BCUT2D eigenvalue weighted by atomic mass is 32.1. The molecule has 0 aromatic carbocycles. The number of rotatable bonds is 5. The molecular weight excluding hydrogens is 298 g/mol. The molecule has 112 valence electrons. The number of hydrogen-bond donors (Lipinski definition) is 1. The summed E-state index contributed by atoms with van der Waals surface area (Å²) in [5, 5.41) is 8.90. The molecule has 0 aliphatic heterocycles. The lowest BCUT2D eigenvalue weighted by atomic mass is 10.2. The average Bonchev–Trinajstić information content (AvgIpc) is 3.18. The Kier molecular flexibility index (Phi) is 4.24. The van der Waals surface area contributed by atoms with E-state index in [1.165, 1.54) is 10.4 Å². The van der Waals surface area contributed by atoms with E-state index in [9.17, 15) is 4.79 Å². The van der Waals surface area contributed by atoms with Crippen molar-refractivity contribution in [2.24, 2.45) is 0 Å². The van der Waals surface area contributed by atoms with Gasteiger partial charge < -0.3 is 5.32 Å². The van der Waals surface area contributed by atoms with Crippen molar-refractivity contribution in [1.29, 1.82) is 0 Å². The predicted molar refractivity (Wildman–Crippen MR) is 85.2 cm³/mol. The summed E-state index contributed by atoms with van der Waals surface area (Å²) in [7, 11) is 0. The number of aryl methyl sites for hydroxylation is 2. The molecule has 0 aliphatic carbocycles. The predicted octanol–water partition coefficient (Wildman–Crippen LogP) is 2.60. The Labute approximate surface area is 131 Å². The fraction of sp³-hybridized carbons (Fsp3) is 0.200. The molecule has 0 saturated carbocycles. The van der Waals surface area contributed by atoms with E-state index < -0.39 is 0 Å². The second-order valence-corrected chi connectivity index (χ2v) is 5.80. The van der Waals surface area contributed by atoms with Gasteiger partial charge in [0, 0.05) is 23.7 Å². The third-order valence-electron chi connectivity index (χ3n) is 3.18. The second-order valence-electron chi connectivity index (χ2n) is 4.80. The standard InChI is InChI=1S/C15H15N5OS/c1-11-5-8-22-13(11)3-4-14(21)19-12-9-16-15(17-10-12)20-7-2-6-18-20/h2,5-10H,3-4H2,1H3,(H,19,21). The summed E-state index contributed by atoms with van der Waals surface area (Å²) in [4.78, 5) is 21.6. The minimum atomic E-state index is -0.0387. The first kappa shape index (κ1) is 14.4. The number of nitrogens with zero attached hydrogens (tertiary/aromatic N) is 4. The van der Waals surface area contributed by atoms with E-state index in [0.717, 1.165) is 6.42 Å². The van der Waals surface area contributed by atoms with Crippen molar-refractivity contribution >= 4 is 22.9 Å². The largest absolute Gasteiger partial charge is 0.323 e. The van der Waals surface area contributed by atoms with E-state index in [1.54, 1.807) is 46.9 Å². The number of amides is 1. The minimum absolute atomic E-state index is 0.0387. The Morgan fingerprint density at radius 2 is 2.18 bits per heavy atom. The second kappa shape index (κ2) is 6.48. The SMILES string of the molecule is Cc1ccsc1CCC(=O)Nc1cnc(-n2cccn2)nc1. The van der Waals surface area contributed by atoms with Gasteiger partial charge in [-0.15, -0.1) is 11.3 Å². The van der Waals surface area contributed by atoms with Gasteiger partial charge in [0.2, 0.25) is 5.91 Å². The smallest absolute Gasteiger partial charge is 0.250 e. The molecule has 3 aromatic rings. The van der Waals surface area contributed by atoms with E-state index in [-0.39, 0.29) is 5.91 Å². The monoisotopic (exact) mass is 313 g/mol. The molecule has 0 atom stereocenters. The summed E-state index contributed by atoms with van der Waals surface area (Å²) in [6.45, 7) is 2.06. The molecular formula is C15H15N5OS. The van der Waals surface area contributed by atoms with Crippen LogP contribution in [0.2, 0.25) is 0 Å². The fourth-order valence-corrected chi connectivity index (χ4v) is 2.91. The van der Waals surface area contributed by atoms with Gasteiger partial charge in [-0.05, 0) is 36.4 Å². The maximum Gasteiger partial charge on any atom is 0.250 e. The van der Waals surface area contributed by atoms with Crippen LogP contribution in [0, 0.1) is 6.92 Å². The highest BCUT2D eigenvalue weighted by Crippen LogP contribution is 2.17. The van der Waals surface area contributed by atoms with Gasteiger partial charge >= 0.3 is 0 Å². The molecule has 0 aliphatic rings. The number of carbonyl (C=O) groups is 1. The van der Waals surface area contributed by atoms with Crippen LogP contribution in [0.1, 0.15) is 16.9 Å². The highest BCUT2D eigenvalue weighted by Gasteiger charge is 2.07. The molecule has 0 radical (unpaired) electrons. The van der Waals surface area contributed by atoms with Crippen LogP contribution in [0.25, 0.3) is 5.95 Å². The first-order valence-corrected chi connectivity index (χ1v) is 7.75. The quantitative estimate of drug-likeness (QED) is 0.786. The lowest BCUT2D eigenvalue weighted by Crippen LogP contribution is -2.13. The zero-order valence-electron chi connectivity index (χ0n) is 12.1. The number of anilines is 1. The molecule has 3 rings (SSSR count). The number of hydrogen-bond acceptors (Lipinski definition) is 5. The molecule has 0 unspecified atom stereocenters. The van der Waals surface area contributed by atoms with E-state index in [4.69, 9.17) is 0 Å². The van der Waals surface area contributed by atoms with Gasteiger partial charge in [0.1, 0.15) is 0 Å². The maximum atomic E-state index is 12.0. The lowest BCUT2D eigenvalue weighted by molar-refractivity contribution is -0.116. The van der Waals surface area contributed by atoms with E-state index in [1.807, 2.05) is 5.38 Å². The minimum Gasteiger partial charge on any atom is -0.323 e. The number of nitrogens with one attached hydrogen (secondary N) is 1. The summed E-state index contributed by atoms with van der Waals surface area (Å²) in [6, 6.07) is 3.87. The van der Waals surface area contributed by atoms with Crippen molar-refractivity contribution in [3.63, 3.8) is 0 Å². The molecule has 3 aromatic heterocycles. The van der Waals surface area contributed by atoms with Gasteiger partial charge in [0.15, 0.2) is 0 Å². The number of carbonyl (C=O) groups excluding carboxylic acids is 1. The normalized spacial score (nSPS) is 10.6. The van der Waals surface area contributed by atoms with E-state index >= 15 is 0 Å². The topological polar surface area (TPSA) is 72.7 Å². The van der Waals surface area contributed by atoms with Crippen LogP contribution in [0.4, 0.5) is 5.69 Å². The lowest BCUT2D eigenvalue weighted by Gasteiger charge is -2.05. The molecule has 0 spiro atoms. The maximum absolute atomic E-state index is 12.0. The van der Waals surface area contributed by atoms with Crippen LogP contribution in [0.5, 0.6) is 0 Å². The van der Waals surface area contributed by atoms with Crippen LogP contribution in [-0.4, -0.2) is 25.7 Å². The molecule has 7 heteroatoms. The zero-order chi connectivity index (χ0) is 15.4. The van der Waals surface area contributed by atoms with Crippen LogP contribution in [-0.2, 0) is 11.2 Å². The van der Waals surface area contributed by atoms with Gasteiger partial charge in [0.05, 0.1) is 18.1 Å². The van der Waals surface area contributed by atoms with Crippen LogP contribution in [0.3, 0.4) is 0 Å². The van der Waals surface area contributed by atoms with Crippen molar-refractivity contribution in [1.82, 2.24) is 19.7 Å².